The zero-order valence-electron chi connectivity index (χ0n) is 16.5. The van der Waals surface area contributed by atoms with E-state index in [9.17, 15) is 8.78 Å². The van der Waals surface area contributed by atoms with Crippen molar-refractivity contribution in [1.29, 1.82) is 0 Å². The zero-order valence-corrected chi connectivity index (χ0v) is 16.5. The Kier molecular flexibility index (Phi) is 4.59. The van der Waals surface area contributed by atoms with Crippen LogP contribution in [0.1, 0.15) is 70.8 Å². The minimum atomic E-state index is -2.65. The van der Waals surface area contributed by atoms with Crippen molar-refractivity contribution in [3.8, 4) is 0 Å². The van der Waals surface area contributed by atoms with Crippen molar-refractivity contribution >= 4 is 17.1 Å². The van der Waals surface area contributed by atoms with Crippen LogP contribution in [0.25, 0.3) is 11.2 Å². The Morgan fingerprint density at radius 2 is 1.85 bits per heavy atom. The summed E-state index contributed by atoms with van der Waals surface area (Å²) in [5.74, 6) is -0.753. The molecule has 0 atom stereocenters. The van der Waals surface area contributed by atoms with Crippen molar-refractivity contribution in [3.63, 3.8) is 0 Å². The normalized spacial score (nSPS) is 21.3. The summed E-state index contributed by atoms with van der Waals surface area (Å²) in [5, 5.41) is 0. The first kappa shape index (κ1) is 18.6. The van der Waals surface area contributed by atoms with Crippen LogP contribution in [0.2, 0.25) is 0 Å². The number of nitrogens with one attached hydrogen (secondary N) is 1. The van der Waals surface area contributed by atoms with Gasteiger partial charge in [0.25, 0.3) is 5.92 Å². The molecule has 2 fully saturated rings. The Morgan fingerprint density at radius 1 is 1.11 bits per heavy atom. The van der Waals surface area contributed by atoms with E-state index < -0.39 is 5.92 Å². The second-order valence-corrected chi connectivity index (χ2v) is 9.24. The van der Waals surface area contributed by atoms with Crippen molar-refractivity contribution in [2.45, 2.75) is 77.1 Å². The Balaban J connectivity index is 1.72. The maximum absolute atomic E-state index is 13.6. The second-order valence-electron chi connectivity index (χ2n) is 9.24. The quantitative estimate of drug-likeness (QED) is 0.848. The molecule has 1 N–H and O–H groups in total. The van der Waals surface area contributed by atoms with Crippen LogP contribution in [0.4, 0.5) is 14.7 Å². The Labute approximate surface area is 159 Å². The SMILES string of the molecule is CC(C)(C)c1nc(CC2CCCCC2)c2[nH]c(N3CCC(F)(F)C3)nc2n1. The number of halogens is 2. The zero-order chi connectivity index (χ0) is 19.2. The van der Waals surface area contributed by atoms with Crippen molar-refractivity contribution in [1.82, 2.24) is 19.9 Å². The Bertz CT molecular complexity index is 818. The summed E-state index contributed by atoms with van der Waals surface area (Å²) in [5.41, 5.74) is 2.22. The van der Waals surface area contributed by atoms with Crippen LogP contribution >= 0.6 is 0 Å². The van der Waals surface area contributed by atoms with E-state index in [1.807, 2.05) is 0 Å². The second kappa shape index (κ2) is 6.67. The molecule has 1 saturated heterocycles. The molecule has 0 bridgehead atoms. The van der Waals surface area contributed by atoms with E-state index in [2.05, 4.69) is 35.7 Å². The van der Waals surface area contributed by atoms with E-state index >= 15 is 0 Å². The van der Waals surface area contributed by atoms with Crippen LogP contribution in [-0.2, 0) is 11.8 Å². The molecule has 0 amide bonds. The molecule has 1 aliphatic carbocycles. The predicted octanol–water partition coefficient (Wildman–Crippen LogP) is 4.62. The van der Waals surface area contributed by atoms with E-state index in [0.29, 0.717) is 24.1 Å². The van der Waals surface area contributed by atoms with Crippen molar-refractivity contribution in [2.24, 2.45) is 5.92 Å². The summed E-state index contributed by atoms with van der Waals surface area (Å²) in [6.07, 6.45) is 7.12. The molecule has 2 aliphatic rings. The number of rotatable bonds is 3. The number of nitrogens with zero attached hydrogens (tertiary/aromatic N) is 4. The number of imidazole rings is 1. The van der Waals surface area contributed by atoms with Gasteiger partial charge >= 0.3 is 0 Å². The Hall–Kier alpha value is -1.79. The van der Waals surface area contributed by atoms with E-state index in [-0.39, 0.29) is 18.4 Å². The smallest absolute Gasteiger partial charge is 0.267 e. The molecule has 148 valence electrons. The minimum Gasteiger partial charge on any atom is -0.336 e. The van der Waals surface area contributed by atoms with Gasteiger partial charge in [-0.2, -0.15) is 4.98 Å². The fourth-order valence-electron chi connectivity index (χ4n) is 4.16. The lowest BCUT2D eigenvalue weighted by molar-refractivity contribution is 0.0256. The van der Waals surface area contributed by atoms with E-state index in [4.69, 9.17) is 4.98 Å². The van der Waals surface area contributed by atoms with Crippen molar-refractivity contribution < 1.29 is 8.78 Å². The number of aromatic amines is 1. The van der Waals surface area contributed by atoms with Gasteiger partial charge in [0.2, 0.25) is 5.95 Å². The minimum absolute atomic E-state index is 0.127. The van der Waals surface area contributed by atoms with E-state index in [1.54, 1.807) is 4.90 Å². The summed E-state index contributed by atoms with van der Waals surface area (Å²) in [6.45, 7) is 6.29. The fourth-order valence-corrected chi connectivity index (χ4v) is 4.16. The molecular formula is C20H29F2N5. The average Bonchev–Trinajstić information content (AvgIpc) is 3.18. The molecule has 4 rings (SSSR count). The number of hydrogen-bond donors (Lipinski definition) is 1. The van der Waals surface area contributed by atoms with Crippen LogP contribution in [0, 0.1) is 5.92 Å². The highest BCUT2D eigenvalue weighted by Gasteiger charge is 2.39. The first-order valence-electron chi connectivity index (χ1n) is 10.1. The third kappa shape index (κ3) is 3.92. The monoisotopic (exact) mass is 377 g/mol. The first-order chi connectivity index (χ1) is 12.7. The third-order valence-electron chi connectivity index (χ3n) is 5.76. The number of aromatic nitrogens is 4. The van der Waals surface area contributed by atoms with E-state index in [1.165, 1.54) is 32.1 Å². The average molecular weight is 377 g/mol. The molecule has 0 radical (unpaired) electrons. The van der Waals surface area contributed by atoms with Gasteiger partial charge in [-0.1, -0.05) is 52.9 Å². The van der Waals surface area contributed by atoms with Gasteiger partial charge in [-0.15, -0.1) is 0 Å². The number of fused-ring (bicyclic) bond motifs is 1. The number of hydrogen-bond acceptors (Lipinski definition) is 4. The molecule has 0 aromatic carbocycles. The van der Waals surface area contributed by atoms with Gasteiger partial charge in [-0.3, -0.25) is 0 Å². The number of H-pyrrole nitrogens is 1. The summed E-state index contributed by atoms with van der Waals surface area (Å²) in [6, 6.07) is 0. The van der Waals surface area contributed by atoms with Gasteiger partial charge in [-0.25, -0.2) is 18.7 Å². The number of alkyl halides is 2. The van der Waals surface area contributed by atoms with Gasteiger partial charge in [0.05, 0.1) is 12.2 Å². The topological polar surface area (TPSA) is 57.7 Å². The summed E-state index contributed by atoms with van der Waals surface area (Å²) in [7, 11) is 0. The molecule has 0 unspecified atom stereocenters. The van der Waals surface area contributed by atoms with Gasteiger partial charge in [0.15, 0.2) is 5.65 Å². The highest BCUT2D eigenvalue weighted by molar-refractivity contribution is 5.76. The summed E-state index contributed by atoms with van der Waals surface area (Å²) in [4.78, 5) is 19.0. The molecule has 27 heavy (non-hydrogen) atoms. The fraction of sp³-hybridized carbons (Fsp3) is 0.750. The van der Waals surface area contributed by atoms with E-state index in [0.717, 1.165) is 23.5 Å². The molecule has 5 nitrogen and oxygen atoms in total. The molecule has 2 aromatic rings. The highest BCUT2D eigenvalue weighted by atomic mass is 19.3. The van der Waals surface area contributed by atoms with Crippen LogP contribution in [0.15, 0.2) is 0 Å². The predicted molar refractivity (Wildman–Crippen MR) is 102 cm³/mol. The molecule has 1 saturated carbocycles. The van der Waals surface area contributed by atoms with Crippen LogP contribution in [0.3, 0.4) is 0 Å². The molecule has 2 aromatic heterocycles. The van der Waals surface area contributed by atoms with Crippen molar-refractivity contribution in [3.05, 3.63) is 11.5 Å². The molecule has 1 aliphatic heterocycles. The maximum atomic E-state index is 13.6. The largest absolute Gasteiger partial charge is 0.336 e. The van der Waals surface area contributed by atoms with Crippen LogP contribution in [0.5, 0.6) is 0 Å². The summed E-state index contributed by atoms with van der Waals surface area (Å²) < 4.78 is 27.3. The lowest BCUT2D eigenvalue weighted by Gasteiger charge is -2.22. The van der Waals surface area contributed by atoms with Gasteiger partial charge < -0.3 is 9.88 Å². The molecule has 7 heteroatoms. The van der Waals surface area contributed by atoms with Gasteiger partial charge in [0, 0.05) is 18.4 Å². The number of anilines is 1. The standard InChI is InChI=1S/C20H29F2N5/c1-19(2,3)17-23-14(11-13-7-5-4-6-8-13)15-16(25-17)26-18(24-15)27-10-9-20(21,22)12-27/h13H,4-12H2,1-3H3,(H,23,24,25,26). The van der Waals surface area contributed by atoms with Crippen LogP contribution in [-0.4, -0.2) is 38.9 Å². The highest BCUT2D eigenvalue weighted by Crippen LogP contribution is 2.33. The van der Waals surface area contributed by atoms with Crippen LogP contribution < -0.4 is 4.90 Å². The van der Waals surface area contributed by atoms with Crippen molar-refractivity contribution in [2.75, 3.05) is 18.0 Å². The third-order valence-corrected chi connectivity index (χ3v) is 5.76. The molecular weight excluding hydrogens is 348 g/mol. The summed E-state index contributed by atoms with van der Waals surface area (Å²) >= 11 is 0. The Morgan fingerprint density at radius 3 is 2.48 bits per heavy atom. The van der Waals surface area contributed by atoms with Gasteiger partial charge in [0.1, 0.15) is 11.3 Å². The first-order valence-corrected chi connectivity index (χ1v) is 10.1. The molecule has 0 spiro atoms. The lowest BCUT2D eigenvalue weighted by Crippen LogP contribution is -2.25. The molecule has 3 heterocycles. The van der Waals surface area contributed by atoms with Gasteiger partial charge in [-0.05, 0) is 12.3 Å². The maximum Gasteiger partial charge on any atom is 0.267 e. The lowest BCUT2D eigenvalue weighted by atomic mass is 9.86.